The van der Waals surface area contributed by atoms with Crippen molar-refractivity contribution in [2.45, 2.75) is 13.0 Å². The van der Waals surface area contributed by atoms with E-state index in [4.69, 9.17) is 0 Å². The van der Waals surface area contributed by atoms with E-state index in [1.807, 2.05) is 6.92 Å². The molecule has 76 valence electrons. The highest BCUT2D eigenvalue weighted by atomic mass is 32.1. The first-order chi connectivity index (χ1) is 6.67. The maximum absolute atomic E-state index is 11.5. The largest absolute Gasteiger partial charge is 0.365 e. The lowest BCUT2D eigenvalue weighted by atomic mass is 10.3. The van der Waals surface area contributed by atoms with Gasteiger partial charge in [-0.2, -0.15) is 0 Å². The predicted molar refractivity (Wildman–Crippen MR) is 58.8 cm³/mol. The van der Waals surface area contributed by atoms with Crippen LogP contribution in [0.1, 0.15) is 17.4 Å². The van der Waals surface area contributed by atoms with Crippen LogP contribution in [-0.4, -0.2) is 24.0 Å². The number of nitrogens with one attached hydrogen (secondary N) is 2. The monoisotopic (exact) mass is 211 g/mol. The second kappa shape index (κ2) is 4.76. The molecule has 0 aliphatic carbocycles. The molecule has 14 heavy (non-hydrogen) atoms. The van der Waals surface area contributed by atoms with Gasteiger partial charge in [-0.05, 0) is 6.92 Å². The van der Waals surface area contributed by atoms with Crippen molar-refractivity contribution in [3.63, 3.8) is 0 Å². The third-order valence-electron chi connectivity index (χ3n) is 1.66. The van der Waals surface area contributed by atoms with Crippen molar-refractivity contribution >= 4 is 22.4 Å². The molecule has 1 aromatic heterocycles. The highest BCUT2D eigenvalue weighted by Gasteiger charge is 2.10. The fourth-order valence-corrected chi connectivity index (χ4v) is 1.48. The number of carbonyl (C=O) groups is 1. The summed E-state index contributed by atoms with van der Waals surface area (Å²) in [4.78, 5) is 15.6. The van der Waals surface area contributed by atoms with Gasteiger partial charge in [0, 0.05) is 18.5 Å². The summed E-state index contributed by atoms with van der Waals surface area (Å²) in [5.74, 6) is -0.171. The van der Waals surface area contributed by atoms with Crippen LogP contribution in [0.5, 0.6) is 0 Å². The molecule has 0 radical (unpaired) electrons. The Kier molecular flexibility index (Phi) is 3.64. The summed E-state index contributed by atoms with van der Waals surface area (Å²) in [6, 6.07) is -0.0396. The zero-order valence-corrected chi connectivity index (χ0v) is 9.02. The van der Waals surface area contributed by atoms with E-state index in [0.29, 0.717) is 5.69 Å². The molecule has 1 rings (SSSR count). The molecule has 1 heterocycles. The third kappa shape index (κ3) is 2.56. The lowest BCUT2D eigenvalue weighted by molar-refractivity contribution is 0.0943. The third-order valence-corrected chi connectivity index (χ3v) is 2.52. The Hall–Kier alpha value is -1.36. The first kappa shape index (κ1) is 10.7. The van der Waals surface area contributed by atoms with Crippen LogP contribution >= 0.6 is 11.3 Å². The summed E-state index contributed by atoms with van der Waals surface area (Å²) in [6.45, 7) is 5.44. The number of amides is 1. The molecule has 1 atom stereocenters. The molecule has 2 N–H and O–H groups in total. The van der Waals surface area contributed by atoms with Gasteiger partial charge in [0.2, 0.25) is 0 Å². The Morgan fingerprint density at radius 2 is 2.50 bits per heavy atom. The van der Waals surface area contributed by atoms with Crippen molar-refractivity contribution in [2.24, 2.45) is 0 Å². The van der Waals surface area contributed by atoms with Gasteiger partial charge in [0.25, 0.3) is 5.91 Å². The number of hydrogen-bond acceptors (Lipinski definition) is 4. The van der Waals surface area contributed by atoms with Crippen molar-refractivity contribution in [3.05, 3.63) is 23.7 Å². The van der Waals surface area contributed by atoms with Gasteiger partial charge in [0.1, 0.15) is 5.69 Å². The summed E-state index contributed by atoms with van der Waals surface area (Å²) < 4.78 is 0. The van der Waals surface area contributed by atoms with Gasteiger partial charge < -0.3 is 10.6 Å². The van der Waals surface area contributed by atoms with Gasteiger partial charge in [0.15, 0.2) is 5.13 Å². The molecule has 0 bridgehead atoms. The SMILES string of the molecule is C=CC(C)NC(=O)c1csc(NC)n1. The van der Waals surface area contributed by atoms with Crippen LogP contribution in [0.25, 0.3) is 0 Å². The smallest absolute Gasteiger partial charge is 0.271 e. The normalized spacial score (nSPS) is 11.9. The van der Waals surface area contributed by atoms with Crippen molar-refractivity contribution in [1.29, 1.82) is 0 Å². The van der Waals surface area contributed by atoms with Crippen molar-refractivity contribution < 1.29 is 4.79 Å². The number of anilines is 1. The molecular weight excluding hydrogens is 198 g/mol. The molecule has 4 nitrogen and oxygen atoms in total. The maximum atomic E-state index is 11.5. The molecule has 0 aromatic carbocycles. The number of rotatable bonds is 4. The molecule has 0 saturated heterocycles. The minimum absolute atomic E-state index is 0.0396. The molecular formula is C9H13N3OS. The van der Waals surface area contributed by atoms with Crippen molar-refractivity contribution in [2.75, 3.05) is 12.4 Å². The van der Waals surface area contributed by atoms with Gasteiger partial charge in [-0.3, -0.25) is 4.79 Å². The van der Waals surface area contributed by atoms with E-state index >= 15 is 0 Å². The van der Waals surface area contributed by atoms with Gasteiger partial charge in [-0.15, -0.1) is 17.9 Å². The second-order valence-electron chi connectivity index (χ2n) is 2.79. The number of carbonyl (C=O) groups excluding carboxylic acids is 1. The number of nitrogens with zero attached hydrogens (tertiary/aromatic N) is 1. The van der Waals surface area contributed by atoms with Crippen LogP contribution in [-0.2, 0) is 0 Å². The molecule has 0 fully saturated rings. The van der Waals surface area contributed by atoms with E-state index in [-0.39, 0.29) is 11.9 Å². The van der Waals surface area contributed by atoms with Crippen LogP contribution in [0.2, 0.25) is 0 Å². The van der Waals surface area contributed by atoms with Crippen LogP contribution in [0.15, 0.2) is 18.0 Å². The van der Waals surface area contributed by atoms with Crippen LogP contribution in [0, 0.1) is 0 Å². The van der Waals surface area contributed by atoms with E-state index in [1.165, 1.54) is 11.3 Å². The molecule has 0 spiro atoms. The zero-order valence-electron chi connectivity index (χ0n) is 8.20. The Labute approximate surface area is 87.1 Å². The molecule has 5 heteroatoms. The average molecular weight is 211 g/mol. The van der Waals surface area contributed by atoms with Crippen molar-refractivity contribution in [1.82, 2.24) is 10.3 Å². The number of hydrogen-bond donors (Lipinski definition) is 2. The summed E-state index contributed by atoms with van der Waals surface area (Å²) in [5, 5.41) is 8.08. The quantitative estimate of drug-likeness (QED) is 0.742. The topological polar surface area (TPSA) is 54.0 Å². The minimum Gasteiger partial charge on any atom is -0.365 e. The Morgan fingerprint density at radius 1 is 1.79 bits per heavy atom. The second-order valence-corrected chi connectivity index (χ2v) is 3.64. The fraction of sp³-hybridized carbons (Fsp3) is 0.333. The van der Waals surface area contributed by atoms with E-state index in [2.05, 4.69) is 22.2 Å². The number of thiazole rings is 1. The van der Waals surface area contributed by atoms with Crippen LogP contribution < -0.4 is 10.6 Å². The molecule has 1 amide bonds. The fourth-order valence-electron chi connectivity index (χ4n) is 0.833. The molecule has 0 aliphatic rings. The predicted octanol–water partition coefficient (Wildman–Crippen LogP) is 1.49. The van der Waals surface area contributed by atoms with Gasteiger partial charge in [-0.1, -0.05) is 6.08 Å². The van der Waals surface area contributed by atoms with E-state index in [9.17, 15) is 4.79 Å². The van der Waals surface area contributed by atoms with E-state index < -0.39 is 0 Å². The summed E-state index contributed by atoms with van der Waals surface area (Å²) >= 11 is 1.40. The highest BCUT2D eigenvalue weighted by molar-refractivity contribution is 7.13. The van der Waals surface area contributed by atoms with E-state index in [0.717, 1.165) is 5.13 Å². The van der Waals surface area contributed by atoms with Gasteiger partial charge >= 0.3 is 0 Å². The van der Waals surface area contributed by atoms with Crippen LogP contribution in [0.4, 0.5) is 5.13 Å². The Morgan fingerprint density at radius 3 is 3.00 bits per heavy atom. The molecule has 1 aromatic rings. The summed E-state index contributed by atoms with van der Waals surface area (Å²) in [5.41, 5.74) is 0.438. The minimum atomic E-state index is -0.171. The maximum Gasteiger partial charge on any atom is 0.271 e. The average Bonchev–Trinajstić information content (AvgIpc) is 2.65. The van der Waals surface area contributed by atoms with Crippen LogP contribution in [0.3, 0.4) is 0 Å². The van der Waals surface area contributed by atoms with E-state index in [1.54, 1.807) is 18.5 Å². The van der Waals surface area contributed by atoms with Gasteiger partial charge in [-0.25, -0.2) is 4.98 Å². The Balaban J connectivity index is 2.64. The Bertz CT molecular complexity index is 335. The standard InChI is InChI=1S/C9H13N3OS/c1-4-6(2)11-8(13)7-5-14-9(10-3)12-7/h4-6H,1H2,2-3H3,(H,10,12)(H,11,13). The molecule has 1 unspecified atom stereocenters. The lowest BCUT2D eigenvalue weighted by Crippen LogP contribution is -2.31. The zero-order chi connectivity index (χ0) is 10.6. The number of aromatic nitrogens is 1. The summed E-state index contributed by atoms with van der Waals surface area (Å²) in [7, 11) is 1.77. The first-order valence-corrected chi connectivity index (χ1v) is 5.12. The molecule has 0 saturated carbocycles. The highest BCUT2D eigenvalue weighted by Crippen LogP contribution is 2.14. The summed E-state index contributed by atoms with van der Waals surface area (Å²) in [6.07, 6.45) is 1.67. The first-order valence-electron chi connectivity index (χ1n) is 4.24. The van der Waals surface area contributed by atoms with Crippen molar-refractivity contribution in [3.8, 4) is 0 Å². The lowest BCUT2D eigenvalue weighted by Gasteiger charge is -2.06. The molecule has 0 aliphatic heterocycles. The van der Waals surface area contributed by atoms with Gasteiger partial charge in [0.05, 0.1) is 0 Å².